The SMILES string of the molecule is CCNC(=O)CCN1CCC2(CCCN(Cc3ccc(C(C)C)cc3)C2)C1. The van der Waals surface area contributed by atoms with Crippen molar-refractivity contribution in [2.45, 2.75) is 58.9 Å². The van der Waals surface area contributed by atoms with E-state index < -0.39 is 0 Å². The number of benzene rings is 1. The molecule has 2 heterocycles. The highest BCUT2D eigenvalue weighted by Crippen LogP contribution is 2.39. The van der Waals surface area contributed by atoms with Crippen molar-refractivity contribution in [2.24, 2.45) is 5.41 Å². The lowest BCUT2D eigenvalue weighted by Crippen LogP contribution is -2.44. The second kappa shape index (κ2) is 9.20. The van der Waals surface area contributed by atoms with E-state index in [2.05, 4.69) is 53.2 Å². The highest BCUT2D eigenvalue weighted by molar-refractivity contribution is 5.75. The standard InChI is InChI=1S/C23H37N3O/c1-4-24-22(27)10-14-25-15-12-23(17-25)11-5-13-26(18-23)16-20-6-8-21(9-7-20)19(2)3/h6-9,19H,4-5,10-18H2,1-3H3,(H,24,27). The molecule has 2 saturated heterocycles. The van der Waals surface area contributed by atoms with Gasteiger partial charge in [-0.05, 0) is 61.7 Å². The van der Waals surface area contributed by atoms with Crippen LogP contribution < -0.4 is 5.32 Å². The van der Waals surface area contributed by atoms with Crippen molar-refractivity contribution in [3.8, 4) is 0 Å². The number of hydrogen-bond acceptors (Lipinski definition) is 3. The van der Waals surface area contributed by atoms with E-state index in [9.17, 15) is 4.79 Å². The van der Waals surface area contributed by atoms with E-state index in [4.69, 9.17) is 0 Å². The Morgan fingerprint density at radius 2 is 1.85 bits per heavy atom. The average Bonchev–Trinajstić information content (AvgIpc) is 3.03. The maximum atomic E-state index is 11.7. The third-order valence-corrected chi connectivity index (χ3v) is 6.34. The fourth-order valence-corrected chi connectivity index (χ4v) is 4.81. The molecule has 0 radical (unpaired) electrons. The predicted octanol–water partition coefficient (Wildman–Crippen LogP) is 3.62. The van der Waals surface area contributed by atoms with Gasteiger partial charge in [0.2, 0.25) is 5.91 Å². The number of rotatable bonds is 7. The summed E-state index contributed by atoms with van der Waals surface area (Å²) in [5.41, 5.74) is 3.30. The highest BCUT2D eigenvalue weighted by Gasteiger charge is 2.41. The van der Waals surface area contributed by atoms with Crippen LogP contribution in [0, 0.1) is 5.41 Å². The summed E-state index contributed by atoms with van der Waals surface area (Å²) in [6.07, 6.45) is 4.56. The topological polar surface area (TPSA) is 35.6 Å². The number of hydrogen-bond donors (Lipinski definition) is 1. The van der Waals surface area contributed by atoms with E-state index >= 15 is 0 Å². The fraction of sp³-hybridized carbons (Fsp3) is 0.696. The lowest BCUT2D eigenvalue weighted by molar-refractivity contribution is -0.121. The lowest BCUT2D eigenvalue weighted by atomic mass is 9.79. The van der Waals surface area contributed by atoms with Gasteiger partial charge in [-0.1, -0.05) is 38.1 Å². The number of nitrogens with one attached hydrogen (secondary N) is 1. The molecule has 3 rings (SSSR count). The monoisotopic (exact) mass is 371 g/mol. The summed E-state index contributed by atoms with van der Waals surface area (Å²) in [6.45, 7) is 13.9. The summed E-state index contributed by atoms with van der Waals surface area (Å²) in [5, 5.41) is 2.91. The van der Waals surface area contributed by atoms with E-state index in [1.54, 1.807) is 0 Å². The van der Waals surface area contributed by atoms with Gasteiger partial charge >= 0.3 is 0 Å². The van der Waals surface area contributed by atoms with Crippen LogP contribution in [0.3, 0.4) is 0 Å². The third kappa shape index (κ3) is 5.55. The summed E-state index contributed by atoms with van der Waals surface area (Å²) in [5.74, 6) is 0.787. The number of piperidine rings is 1. The minimum atomic E-state index is 0.188. The molecule has 1 aromatic carbocycles. The van der Waals surface area contributed by atoms with Crippen LogP contribution in [0.25, 0.3) is 0 Å². The molecule has 1 spiro atoms. The molecular weight excluding hydrogens is 334 g/mol. The van der Waals surface area contributed by atoms with Gasteiger partial charge in [0.05, 0.1) is 0 Å². The van der Waals surface area contributed by atoms with E-state index in [0.717, 1.165) is 32.7 Å². The van der Waals surface area contributed by atoms with Gasteiger partial charge in [-0.25, -0.2) is 0 Å². The minimum Gasteiger partial charge on any atom is -0.356 e. The Kier molecular flexibility index (Phi) is 6.93. The van der Waals surface area contributed by atoms with E-state index in [1.807, 2.05) is 6.92 Å². The molecule has 27 heavy (non-hydrogen) atoms. The molecule has 0 aromatic heterocycles. The molecule has 1 amide bonds. The van der Waals surface area contributed by atoms with E-state index in [-0.39, 0.29) is 5.91 Å². The van der Waals surface area contributed by atoms with Crippen LogP contribution in [0.1, 0.15) is 63.5 Å². The molecule has 0 bridgehead atoms. The second-order valence-corrected chi connectivity index (χ2v) is 8.94. The second-order valence-electron chi connectivity index (χ2n) is 8.94. The van der Waals surface area contributed by atoms with Gasteiger partial charge in [0.1, 0.15) is 0 Å². The Morgan fingerprint density at radius 3 is 2.56 bits per heavy atom. The minimum absolute atomic E-state index is 0.188. The average molecular weight is 372 g/mol. The molecule has 0 saturated carbocycles. The lowest BCUT2D eigenvalue weighted by Gasteiger charge is -2.40. The summed E-state index contributed by atoms with van der Waals surface area (Å²) in [7, 11) is 0. The van der Waals surface area contributed by atoms with Crippen LogP contribution in [0.2, 0.25) is 0 Å². The van der Waals surface area contributed by atoms with Crippen LogP contribution in [-0.4, -0.2) is 55.0 Å². The van der Waals surface area contributed by atoms with Gasteiger partial charge in [-0.3, -0.25) is 9.69 Å². The Bertz CT molecular complexity index is 613. The zero-order chi connectivity index (χ0) is 19.3. The molecule has 2 aliphatic heterocycles. The molecule has 1 atom stereocenters. The van der Waals surface area contributed by atoms with Crippen molar-refractivity contribution < 1.29 is 4.79 Å². The van der Waals surface area contributed by atoms with Crippen LogP contribution in [0.4, 0.5) is 0 Å². The first-order chi connectivity index (χ1) is 13.0. The van der Waals surface area contributed by atoms with Gasteiger partial charge < -0.3 is 10.2 Å². The van der Waals surface area contributed by atoms with Gasteiger partial charge in [0.15, 0.2) is 0 Å². The Labute approximate surface area is 165 Å². The largest absolute Gasteiger partial charge is 0.356 e. The molecule has 1 aromatic rings. The van der Waals surface area contributed by atoms with Crippen LogP contribution in [0.15, 0.2) is 24.3 Å². The van der Waals surface area contributed by atoms with Crippen molar-refractivity contribution in [3.05, 3.63) is 35.4 Å². The normalized spacial score (nSPS) is 24.0. The van der Waals surface area contributed by atoms with Crippen molar-refractivity contribution in [1.82, 2.24) is 15.1 Å². The van der Waals surface area contributed by atoms with Gasteiger partial charge in [-0.15, -0.1) is 0 Å². The van der Waals surface area contributed by atoms with Crippen LogP contribution in [0.5, 0.6) is 0 Å². The number of likely N-dealkylation sites (tertiary alicyclic amines) is 2. The maximum Gasteiger partial charge on any atom is 0.221 e. The first-order valence-corrected chi connectivity index (χ1v) is 10.8. The molecule has 0 aliphatic carbocycles. The van der Waals surface area contributed by atoms with Crippen molar-refractivity contribution in [2.75, 3.05) is 39.3 Å². The number of amides is 1. The zero-order valence-electron chi connectivity index (χ0n) is 17.5. The quantitative estimate of drug-likeness (QED) is 0.795. The van der Waals surface area contributed by atoms with Crippen molar-refractivity contribution >= 4 is 5.91 Å². The Morgan fingerprint density at radius 1 is 1.11 bits per heavy atom. The zero-order valence-corrected chi connectivity index (χ0v) is 17.5. The molecular formula is C23H37N3O. The van der Waals surface area contributed by atoms with Gasteiger partial charge in [-0.2, -0.15) is 0 Å². The Balaban J connectivity index is 1.51. The third-order valence-electron chi connectivity index (χ3n) is 6.34. The Hall–Kier alpha value is -1.39. The predicted molar refractivity (Wildman–Crippen MR) is 112 cm³/mol. The first kappa shape index (κ1) is 20.3. The summed E-state index contributed by atoms with van der Waals surface area (Å²) in [6, 6.07) is 9.20. The van der Waals surface area contributed by atoms with Crippen molar-refractivity contribution in [1.29, 1.82) is 0 Å². The molecule has 2 fully saturated rings. The summed E-state index contributed by atoms with van der Waals surface area (Å²) < 4.78 is 0. The smallest absolute Gasteiger partial charge is 0.221 e. The van der Waals surface area contributed by atoms with Gasteiger partial charge in [0, 0.05) is 39.1 Å². The maximum absolute atomic E-state index is 11.7. The summed E-state index contributed by atoms with van der Waals surface area (Å²) >= 11 is 0. The first-order valence-electron chi connectivity index (χ1n) is 10.8. The number of nitrogens with zero attached hydrogens (tertiary/aromatic N) is 2. The van der Waals surface area contributed by atoms with E-state index in [0.29, 0.717) is 17.8 Å². The van der Waals surface area contributed by atoms with Crippen molar-refractivity contribution in [3.63, 3.8) is 0 Å². The van der Waals surface area contributed by atoms with Crippen LogP contribution in [-0.2, 0) is 11.3 Å². The summed E-state index contributed by atoms with van der Waals surface area (Å²) in [4.78, 5) is 16.9. The molecule has 2 aliphatic rings. The number of carbonyl (C=O) groups is 1. The fourth-order valence-electron chi connectivity index (χ4n) is 4.81. The van der Waals surface area contributed by atoms with Crippen LogP contribution >= 0.6 is 0 Å². The van der Waals surface area contributed by atoms with E-state index in [1.165, 1.54) is 43.5 Å². The molecule has 1 N–H and O–H groups in total. The van der Waals surface area contributed by atoms with Gasteiger partial charge in [0.25, 0.3) is 0 Å². The molecule has 4 heteroatoms. The molecule has 1 unspecified atom stereocenters. The molecule has 150 valence electrons. The highest BCUT2D eigenvalue weighted by atomic mass is 16.1. The molecule has 4 nitrogen and oxygen atoms in total. The number of carbonyl (C=O) groups excluding carboxylic acids is 1.